The molecule has 1 rings (SSSR count). The van der Waals surface area contributed by atoms with Crippen molar-refractivity contribution >= 4 is 61.1 Å². The van der Waals surface area contributed by atoms with Gasteiger partial charge >= 0.3 is 127 Å². The Morgan fingerprint density at radius 3 is 2.26 bits per heavy atom. The summed E-state index contributed by atoms with van der Waals surface area (Å²) in [5.41, 5.74) is 3.89. The first-order chi connectivity index (χ1) is 12.7. The minimum atomic E-state index is -2.24. The number of rotatable bonds is 12. The van der Waals surface area contributed by atoms with Crippen LogP contribution in [-0.4, -0.2) is 66.6 Å². The molecule has 1 aromatic rings. The summed E-state index contributed by atoms with van der Waals surface area (Å²) < 4.78 is 11.5. The number of hydrogen-bond acceptors (Lipinski definition) is 7. The van der Waals surface area contributed by atoms with E-state index < -0.39 is 51.8 Å². The van der Waals surface area contributed by atoms with Crippen LogP contribution in [0.5, 0.6) is 0 Å². The summed E-state index contributed by atoms with van der Waals surface area (Å²) in [7, 11) is 0. The molecule has 1 atom stereocenters. The number of Topliss-reactive ketones (excluding diaryl/α,β-unsaturated/α-hetero) is 1. The molecular weight excluding hydrogens is 439 g/mol. The number of carbonyl (C=O) groups excluding carboxylic acids is 2. The van der Waals surface area contributed by atoms with Crippen molar-refractivity contribution in [3.8, 4) is 0 Å². The van der Waals surface area contributed by atoms with Gasteiger partial charge in [-0.3, -0.25) is 4.79 Å². The summed E-state index contributed by atoms with van der Waals surface area (Å²) >= 11 is 0.0112. The molecular formula is C16H19AsN2O7S. The van der Waals surface area contributed by atoms with Crippen molar-refractivity contribution < 1.29 is 33.1 Å². The van der Waals surface area contributed by atoms with Gasteiger partial charge < -0.3 is 15.9 Å². The maximum absolute atomic E-state index is 12.1. The molecule has 1 aromatic carbocycles. The van der Waals surface area contributed by atoms with Gasteiger partial charge in [-0.05, 0) is 6.42 Å². The van der Waals surface area contributed by atoms with E-state index in [1.165, 1.54) is 0 Å². The molecule has 1 amide bonds. The van der Waals surface area contributed by atoms with Crippen LogP contribution in [0.25, 0.3) is 0 Å². The van der Waals surface area contributed by atoms with Crippen molar-refractivity contribution in [3.05, 3.63) is 24.3 Å². The molecule has 27 heavy (non-hydrogen) atoms. The summed E-state index contributed by atoms with van der Waals surface area (Å²) in [4.78, 5) is 45.7. The predicted octanol–water partition coefficient (Wildman–Crippen LogP) is -0.361. The van der Waals surface area contributed by atoms with Gasteiger partial charge in [0.05, 0.1) is 0 Å². The molecule has 0 aliphatic heterocycles. The Bertz CT molecular complexity index is 726. The van der Waals surface area contributed by atoms with Gasteiger partial charge in [0.15, 0.2) is 0 Å². The minimum absolute atomic E-state index is 0.0439. The van der Waals surface area contributed by atoms with E-state index in [4.69, 9.17) is 15.9 Å². The molecule has 0 unspecified atom stereocenters. The van der Waals surface area contributed by atoms with E-state index >= 15 is 0 Å². The van der Waals surface area contributed by atoms with Gasteiger partial charge in [-0.2, -0.15) is 0 Å². The summed E-state index contributed by atoms with van der Waals surface area (Å²) in [6.07, 6.45) is -1.22. The number of hydrogen-bond donors (Lipinski definition) is 4. The number of carboxylic acids is 2. The van der Waals surface area contributed by atoms with E-state index in [1.807, 2.05) is 0 Å². The number of carboxylic acid groups (broad SMARTS) is 2. The Balaban J connectivity index is 2.42. The number of nitrogens with two attached hydrogens (primary N) is 1. The third-order valence-corrected chi connectivity index (χ3v) is 5.60. The second-order valence-electron chi connectivity index (χ2n) is 5.58. The Hall–Kier alpha value is -2.03. The van der Waals surface area contributed by atoms with Gasteiger partial charge in [0, 0.05) is 6.42 Å². The number of carbonyl (C=O) groups is 4. The van der Waals surface area contributed by atoms with Gasteiger partial charge in [-0.1, -0.05) is 0 Å². The SMILES string of the molecule is N[C@@](CCC(=O)O)(C(=O)O)C(=O)CCSCC(=O)Nc1ccc([As]=O)cc1. The van der Waals surface area contributed by atoms with E-state index in [0.717, 1.165) is 11.8 Å². The quantitative estimate of drug-likeness (QED) is 0.186. The monoisotopic (exact) mass is 458 g/mol. The topological polar surface area (TPSA) is 164 Å². The van der Waals surface area contributed by atoms with Gasteiger partial charge in [0.1, 0.15) is 0 Å². The third-order valence-electron chi connectivity index (χ3n) is 3.58. The van der Waals surface area contributed by atoms with Crippen molar-refractivity contribution in [2.24, 2.45) is 5.73 Å². The normalized spacial score (nSPS) is 12.9. The molecule has 0 aliphatic carbocycles. The zero-order chi connectivity index (χ0) is 20.4. The van der Waals surface area contributed by atoms with Crippen LogP contribution in [0, 0.1) is 0 Å². The molecule has 5 N–H and O–H groups in total. The van der Waals surface area contributed by atoms with Gasteiger partial charge in [-0.15, -0.1) is 0 Å². The van der Waals surface area contributed by atoms with Crippen molar-refractivity contribution in [1.82, 2.24) is 0 Å². The van der Waals surface area contributed by atoms with Crippen LogP contribution in [0.1, 0.15) is 19.3 Å². The Morgan fingerprint density at radius 1 is 1.11 bits per heavy atom. The fourth-order valence-electron chi connectivity index (χ4n) is 2.03. The standard InChI is InChI=1S/C16H19AsN2O7S/c18-16(15(24)25,7-5-14(22)23)12(20)6-8-27-9-13(21)19-11-3-1-10(17-26)2-4-11/h1-4H,5-9,18H2,(H,19,21)(H,22,23)(H,24,25)/t16-/m1/s1. The van der Waals surface area contributed by atoms with E-state index in [9.17, 15) is 22.9 Å². The van der Waals surface area contributed by atoms with E-state index in [0.29, 0.717) is 10.0 Å². The zero-order valence-corrected chi connectivity index (χ0v) is 16.9. The number of amides is 1. The molecule has 0 spiro atoms. The molecule has 0 saturated heterocycles. The number of ketones is 1. The summed E-state index contributed by atoms with van der Waals surface area (Å²) in [5, 5.41) is 20.4. The Morgan fingerprint density at radius 2 is 1.74 bits per heavy atom. The summed E-state index contributed by atoms with van der Waals surface area (Å²) in [6.45, 7) is 0. The molecule has 0 aliphatic rings. The second kappa shape index (κ2) is 11.0. The summed E-state index contributed by atoms with van der Waals surface area (Å²) in [6, 6.07) is 6.57. The summed E-state index contributed by atoms with van der Waals surface area (Å²) in [5.74, 6) is -3.68. The maximum atomic E-state index is 12.1. The molecule has 0 saturated carbocycles. The number of anilines is 1. The first kappa shape index (κ1) is 23.0. The van der Waals surface area contributed by atoms with E-state index in [1.54, 1.807) is 24.3 Å². The molecule has 0 radical (unpaired) electrons. The first-order valence-corrected chi connectivity index (χ1v) is 10.6. The molecule has 0 heterocycles. The zero-order valence-electron chi connectivity index (χ0n) is 14.2. The molecule has 0 fully saturated rings. The first-order valence-electron chi connectivity index (χ1n) is 7.77. The second-order valence-corrected chi connectivity index (χ2v) is 8.15. The number of benzene rings is 1. The van der Waals surface area contributed by atoms with Crippen LogP contribution in [0.2, 0.25) is 0 Å². The van der Waals surface area contributed by atoms with E-state index in [2.05, 4.69) is 5.32 Å². The number of aliphatic carboxylic acids is 2. The van der Waals surface area contributed by atoms with Crippen molar-refractivity contribution in [2.45, 2.75) is 24.8 Å². The van der Waals surface area contributed by atoms with Gasteiger partial charge in [0.2, 0.25) is 0 Å². The van der Waals surface area contributed by atoms with E-state index in [-0.39, 0.29) is 23.8 Å². The molecule has 9 nitrogen and oxygen atoms in total. The van der Waals surface area contributed by atoms with Crippen LogP contribution < -0.4 is 15.4 Å². The average molecular weight is 458 g/mol. The van der Waals surface area contributed by atoms with Crippen LogP contribution in [0.4, 0.5) is 5.69 Å². The third kappa shape index (κ3) is 7.62. The average Bonchev–Trinajstić information content (AvgIpc) is 2.63. The fourth-order valence-corrected chi connectivity index (χ4v) is 3.32. The fraction of sp³-hybridized carbons (Fsp3) is 0.375. The number of nitrogens with one attached hydrogen (secondary N) is 1. The molecule has 0 bridgehead atoms. The Kier molecular flexibility index (Phi) is 9.34. The molecule has 11 heteroatoms. The van der Waals surface area contributed by atoms with Gasteiger partial charge in [-0.25, -0.2) is 4.79 Å². The molecule has 0 aromatic heterocycles. The van der Waals surface area contributed by atoms with Gasteiger partial charge in [0.25, 0.3) is 0 Å². The van der Waals surface area contributed by atoms with Crippen LogP contribution in [0.15, 0.2) is 24.3 Å². The van der Waals surface area contributed by atoms with Crippen molar-refractivity contribution in [2.75, 3.05) is 16.8 Å². The Labute approximate surface area is 166 Å². The van der Waals surface area contributed by atoms with Crippen LogP contribution >= 0.6 is 11.8 Å². The number of thioether (sulfide) groups is 1. The van der Waals surface area contributed by atoms with Crippen LogP contribution in [-0.2, 0) is 22.9 Å². The van der Waals surface area contributed by atoms with Crippen LogP contribution in [0.3, 0.4) is 0 Å². The van der Waals surface area contributed by atoms with Crippen molar-refractivity contribution in [1.29, 1.82) is 0 Å². The predicted molar refractivity (Wildman–Crippen MR) is 99.5 cm³/mol. The molecule has 146 valence electrons. The van der Waals surface area contributed by atoms with Crippen molar-refractivity contribution in [3.63, 3.8) is 0 Å².